The Balaban J connectivity index is 1.59. The number of nitrogens with zero attached hydrogens (tertiary/aromatic N) is 6. The van der Waals surface area contributed by atoms with Gasteiger partial charge in [-0.05, 0) is 51.8 Å². The quantitative estimate of drug-likeness (QED) is 0.483. The molecule has 2 fully saturated rings. The summed E-state index contributed by atoms with van der Waals surface area (Å²) in [5.41, 5.74) is 5.93. The van der Waals surface area contributed by atoms with E-state index in [1.54, 1.807) is 0 Å². The highest BCUT2D eigenvalue weighted by Crippen LogP contribution is 2.25. The molecule has 0 bridgehead atoms. The molecule has 0 amide bonds. The third-order valence-electron chi connectivity index (χ3n) is 6.71. The number of allylic oxidation sites excluding steroid dienone is 1. The summed E-state index contributed by atoms with van der Waals surface area (Å²) >= 11 is 0. The minimum Gasteiger partial charge on any atom is -0.368 e. The summed E-state index contributed by atoms with van der Waals surface area (Å²) in [5, 5.41) is 0. The van der Waals surface area contributed by atoms with Crippen molar-refractivity contribution in [1.82, 2.24) is 19.6 Å². The van der Waals surface area contributed by atoms with Gasteiger partial charge in [0.05, 0.1) is 5.84 Å². The Kier molecular flexibility index (Phi) is 8.73. The fourth-order valence-electron chi connectivity index (χ4n) is 4.71. The highest BCUT2D eigenvalue weighted by molar-refractivity contribution is 5.81. The van der Waals surface area contributed by atoms with E-state index in [2.05, 4.69) is 88.6 Å². The van der Waals surface area contributed by atoms with Gasteiger partial charge in [0.15, 0.2) is 0 Å². The Hall–Kier alpha value is -2.60. The summed E-state index contributed by atoms with van der Waals surface area (Å²) in [7, 11) is 0. The maximum Gasteiger partial charge on any atom is 0.101 e. The molecule has 0 aliphatic carbocycles. The normalized spacial score (nSPS) is 18.6. The van der Waals surface area contributed by atoms with E-state index in [4.69, 9.17) is 0 Å². The van der Waals surface area contributed by atoms with E-state index in [0.29, 0.717) is 0 Å². The van der Waals surface area contributed by atoms with E-state index in [9.17, 15) is 0 Å². The van der Waals surface area contributed by atoms with Crippen molar-refractivity contribution in [2.75, 3.05) is 58.9 Å². The van der Waals surface area contributed by atoms with Gasteiger partial charge in [0, 0.05) is 82.4 Å². The lowest BCUT2D eigenvalue weighted by Gasteiger charge is -2.38. The minimum absolute atomic E-state index is 0.859. The van der Waals surface area contributed by atoms with Gasteiger partial charge in [-0.3, -0.25) is 9.89 Å². The van der Waals surface area contributed by atoms with E-state index in [-0.39, 0.29) is 0 Å². The lowest BCUT2D eigenvalue weighted by Crippen LogP contribution is -2.47. The van der Waals surface area contributed by atoms with Crippen molar-refractivity contribution in [2.24, 2.45) is 9.98 Å². The van der Waals surface area contributed by atoms with Crippen LogP contribution in [0.5, 0.6) is 0 Å². The van der Waals surface area contributed by atoms with E-state index < -0.39 is 0 Å². The molecule has 2 saturated heterocycles. The Morgan fingerprint density at radius 2 is 1.42 bits per heavy atom. The third kappa shape index (κ3) is 6.70. The molecule has 0 spiro atoms. The van der Waals surface area contributed by atoms with Crippen molar-refractivity contribution in [3.05, 3.63) is 53.7 Å². The first-order chi connectivity index (χ1) is 15.8. The van der Waals surface area contributed by atoms with Crippen LogP contribution in [0.15, 0.2) is 47.0 Å². The fraction of sp³-hybridized carbons (Fsp3) is 0.556. The number of piperazine rings is 2. The van der Waals surface area contributed by atoms with Crippen LogP contribution in [-0.2, 0) is 6.54 Å². The van der Waals surface area contributed by atoms with Crippen molar-refractivity contribution < 1.29 is 0 Å². The number of amidine groups is 2. The zero-order valence-corrected chi connectivity index (χ0v) is 21.4. The van der Waals surface area contributed by atoms with E-state index >= 15 is 0 Å². The van der Waals surface area contributed by atoms with Crippen LogP contribution in [0, 0.1) is 6.92 Å². The first kappa shape index (κ1) is 25.0. The van der Waals surface area contributed by atoms with Crippen LogP contribution in [0.3, 0.4) is 0 Å². The molecule has 0 saturated carbocycles. The van der Waals surface area contributed by atoms with Crippen LogP contribution in [0.2, 0.25) is 0 Å². The molecule has 0 unspecified atom stereocenters. The highest BCUT2D eigenvalue weighted by Gasteiger charge is 2.21. The topological polar surface area (TPSA) is 37.7 Å². The first-order valence-electron chi connectivity index (χ1n) is 12.3. The second-order valence-electron chi connectivity index (χ2n) is 9.25. The van der Waals surface area contributed by atoms with Gasteiger partial charge >= 0.3 is 0 Å². The van der Waals surface area contributed by atoms with E-state index in [0.717, 1.165) is 82.7 Å². The monoisotopic (exact) mass is 450 g/mol. The maximum atomic E-state index is 4.57. The van der Waals surface area contributed by atoms with Gasteiger partial charge in [-0.15, -0.1) is 0 Å². The lowest BCUT2D eigenvalue weighted by molar-refractivity contribution is 0.175. The molecule has 1 aromatic rings. The largest absolute Gasteiger partial charge is 0.368 e. The molecule has 180 valence electrons. The average molecular weight is 451 g/mol. The zero-order chi connectivity index (χ0) is 24.0. The maximum absolute atomic E-state index is 4.57. The molecule has 0 aromatic heterocycles. The standard InChI is InChI=1S/C27H42N6/c1-8-28-24(6)32-13-11-30(12-14-32)20-26-10-9-22(4)27(19-26)23(5)31-15-17-33(18-16-31)25(7)29-21(2)3/h9-10,19H,2,5,8,11-18,20H2,1,3-4,6-7H3. The predicted molar refractivity (Wildman–Crippen MR) is 142 cm³/mol. The number of aryl methyl sites for hydroxylation is 1. The number of aliphatic imine (C=N–C) groups is 2. The third-order valence-corrected chi connectivity index (χ3v) is 6.71. The average Bonchev–Trinajstić information content (AvgIpc) is 2.80. The smallest absolute Gasteiger partial charge is 0.101 e. The SMILES string of the molecule is C=C(C)N=C(C)N1CCN(C(=C)c2cc(CN3CCN(C(C)=NCC)CC3)ccc2C)CC1. The molecule has 0 radical (unpaired) electrons. The van der Waals surface area contributed by atoms with Crippen molar-refractivity contribution in [2.45, 2.75) is 41.2 Å². The van der Waals surface area contributed by atoms with Crippen molar-refractivity contribution in [3.63, 3.8) is 0 Å². The van der Waals surface area contributed by atoms with Gasteiger partial charge in [0.1, 0.15) is 5.84 Å². The van der Waals surface area contributed by atoms with Gasteiger partial charge in [0.2, 0.25) is 0 Å². The number of hydrogen-bond acceptors (Lipinski definition) is 4. The molecular weight excluding hydrogens is 408 g/mol. The van der Waals surface area contributed by atoms with E-state index in [1.165, 1.54) is 22.5 Å². The molecule has 6 nitrogen and oxygen atoms in total. The number of hydrogen-bond donors (Lipinski definition) is 0. The van der Waals surface area contributed by atoms with Gasteiger partial charge < -0.3 is 14.7 Å². The summed E-state index contributed by atoms with van der Waals surface area (Å²) in [6.45, 7) is 28.8. The molecule has 2 heterocycles. The fourth-order valence-corrected chi connectivity index (χ4v) is 4.71. The molecule has 3 rings (SSSR count). The predicted octanol–water partition coefficient (Wildman–Crippen LogP) is 4.09. The summed E-state index contributed by atoms with van der Waals surface area (Å²) in [5.74, 6) is 2.23. The summed E-state index contributed by atoms with van der Waals surface area (Å²) in [6.07, 6.45) is 0. The van der Waals surface area contributed by atoms with Crippen LogP contribution < -0.4 is 0 Å². The van der Waals surface area contributed by atoms with Crippen molar-refractivity contribution in [3.8, 4) is 0 Å². The molecule has 6 heteroatoms. The zero-order valence-electron chi connectivity index (χ0n) is 21.4. The van der Waals surface area contributed by atoms with Crippen LogP contribution in [0.25, 0.3) is 5.70 Å². The molecule has 2 aliphatic heterocycles. The van der Waals surface area contributed by atoms with Crippen LogP contribution in [0.1, 0.15) is 44.4 Å². The van der Waals surface area contributed by atoms with Gasteiger partial charge in [-0.1, -0.05) is 25.3 Å². The second-order valence-corrected chi connectivity index (χ2v) is 9.25. The van der Waals surface area contributed by atoms with Gasteiger partial charge in [0.25, 0.3) is 0 Å². The molecule has 1 aromatic carbocycles. The van der Waals surface area contributed by atoms with Gasteiger partial charge in [-0.2, -0.15) is 0 Å². The van der Waals surface area contributed by atoms with Crippen LogP contribution in [0.4, 0.5) is 0 Å². The number of rotatable bonds is 6. The number of benzene rings is 1. The molecular formula is C27H42N6. The van der Waals surface area contributed by atoms with E-state index in [1.807, 2.05) is 6.92 Å². The summed E-state index contributed by atoms with van der Waals surface area (Å²) in [4.78, 5) is 18.8. The Morgan fingerprint density at radius 1 is 0.848 bits per heavy atom. The van der Waals surface area contributed by atoms with Gasteiger partial charge in [-0.25, -0.2) is 4.99 Å². The Morgan fingerprint density at radius 3 is 2.03 bits per heavy atom. The second kappa shape index (κ2) is 11.5. The minimum atomic E-state index is 0.859. The Labute approximate surface area is 201 Å². The lowest BCUT2D eigenvalue weighted by atomic mass is 10.0. The van der Waals surface area contributed by atoms with Crippen LogP contribution in [-0.4, -0.2) is 90.2 Å². The highest BCUT2D eigenvalue weighted by atomic mass is 15.3. The molecule has 0 atom stereocenters. The van der Waals surface area contributed by atoms with Crippen LogP contribution >= 0.6 is 0 Å². The molecule has 33 heavy (non-hydrogen) atoms. The summed E-state index contributed by atoms with van der Waals surface area (Å²) in [6, 6.07) is 6.88. The molecule has 0 N–H and O–H groups in total. The Bertz CT molecular complexity index is 899. The van der Waals surface area contributed by atoms with Crippen molar-refractivity contribution in [1.29, 1.82) is 0 Å². The molecule has 2 aliphatic rings. The first-order valence-corrected chi connectivity index (χ1v) is 12.3. The van der Waals surface area contributed by atoms with Crippen molar-refractivity contribution >= 4 is 17.4 Å². The summed E-state index contributed by atoms with van der Waals surface area (Å²) < 4.78 is 0.